The van der Waals surface area contributed by atoms with Gasteiger partial charge in [-0.1, -0.05) is 11.3 Å². The molecule has 2 amide bonds. The van der Waals surface area contributed by atoms with E-state index in [1.807, 2.05) is 0 Å². The molecule has 0 fully saturated rings. The molecule has 0 aliphatic heterocycles. The third-order valence-corrected chi connectivity index (χ3v) is 4.66. The summed E-state index contributed by atoms with van der Waals surface area (Å²) in [5.41, 5.74) is 6.45. The minimum absolute atomic E-state index is 0.00678. The molecule has 0 aliphatic rings. The second kappa shape index (κ2) is 7.83. The summed E-state index contributed by atoms with van der Waals surface area (Å²) in [6, 6.07) is 8.31. The highest BCUT2D eigenvalue weighted by molar-refractivity contribution is 7.19. The van der Waals surface area contributed by atoms with Crippen molar-refractivity contribution in [2.24, 2.45) is 5.73 Å². The SMILES string of the molecule is COc1ccc(C(=O)Nc2sc(-c3cccnc3)nc2C(N)=O)cc1OC. The van der Waals surface area contributed by atoms with Crippen molar-refractivity contribution in [2.45, 2.75) is 0 Å². The number of amides is 2. The minimum Gasteiger partial charge on any atom is -0.493 e. The van der Waals surface area contributed by atoms with Crippen molar-refractivity contribution in [1.82, 2.24) is 9.97 Å². The lowest BCUT2D eigenvalue weighted by Crippen LogP contribution is -2.17. The van der Waals surface area contributed by atoms with Gasteiger partial charge >= 0.3 is 0 Å². The van der Waals surface area contributed by atoms with Crippen LogP contribution in [-0.4, -0.2) is 36.0 Å². The third-order valence-electron chi connectivity index (χ3n) is 3.64. The molecule has 3 rings (SSSR count). The standard InChI is InChI=1S/C18H16N4O4S/c1-25-12-6-5-10(8-13(12)26-2)16(24)22-18-14(15(19)23)21-17(27-18)11-4-3-7-20-9-11/h3-9H,1-2H3,(H2,19,23)(H,22,24). The van der Waals surface area contributed by atoms with Gasteiger partial charge < -0.3 is 20.5 Å². The lowest BCUT2D eigenvalue weighted by Gasteiger charge is -2.09. The Bertz CT molecular complexity index is 988. The molecule has 0 saturated carbocycles. The number of carbonyl (C=O) groups excluding carboxylic acids is 2. The topological polar surface area (TPSA) is 116 Å². The highest BCUT2D eigenvalue weighted by atomic mass is 32.1. The molecule has 3 N–H and O–H groups in total. The lowest BCUT2D eigenvalue weighted by molar-refractivity contribution is 0.0997. The molecule has 2 heterocycles. The number of aromatic nitrogens is 2. The lowest BCUT2D eigenvalue weighted by atomic mass is 10.2. The van der Waals surface area contributed by atoms with Gasteiger partial charge in [0.05, 0.1) is 14.2 Å². The van der Waals surface area contributed by atoms with Crippen LogP contribution in [-0.2, 0) is 0 Å². The number of benzene rings is 1. The Morgan fingerprint density at radius 3 is 2.56 bits per heavy atom. The highest BCUT2D eigenvalue weighted by Gasteiger charge is 2.20. The van der Waals surface area contributed by atoms with E-state index in [-0.39, 0.29) is 10.7 Å². The molecule has 9 heteroatoms. The Labute approximate surface area is 159 Å². The highest BCUT2D eigenvalue weighted by Crippen LogP contribution is 2.33. The summed E-state index contributed by atoms with van der Waals surface area (Å²) in [4.78, 5) is 32.6. The van der Waals surface area contributed by atoms with Crippen LogP contribution in [0.1, 0.15) is 20.8 Å². The van der Waals surface area contributed by atoms with Gasteiger partial charge in [-0.2, -0.15) is 0 Å². The normalized spacial score (nSPS) is 10.3. The number of primary amides is 1. The zero-order valence-corrected chi connectivity index (χ0v) is 15.4. The molecule has 0 unspecified atom stereocenters. The van der Waals surface area contributed by atoms with Crippen LogP contribution >= 0.6 is 11.3 Å². The summed E-state index contributed by atoms with van der Waals surface area (Å²) in [6.45, 7) is 0. The van der Waals surface area contributed by atoms with Gasteiger partial charge in [-0.15, -0.1) is 0 Å². The predicted octanol–water partition coefficient (Wildman–Crippen LogP) is 2.57. The molecule has 0 atom stereocenters. The van der Waals surface area contributed by atoms with Gasteiger partial charge in [-0.3, -0.25) is 14.6 Å². The molecule has 138 valence electrons. The molecule has 1 aromatic carbocycles. The van der Waals surface area contributed by atoms with E-state index in [1.165, 1.54) is 14.2 Å². The van der Waals surface area contributed by atoms with Crippen molar-refractivity contribution in [2.75, 3.05) is 19.5 Å². The number of ether oxygens (including phenoxy) is 2. The molecular formula is C18H16N4O4S. The molecule has 3 aromatic rings. The first kappa shape index (κ1) is 18.3. The van der Waals surface area contributed by atoms with Crippen molar-refractivity contribution < 1.29 is 19.1 Å². The molecule has 27 heavy (non-hydrogen) atoms. The first-order valence-corrected chi connectivity index (χ1v) is 8.59. The number of anilines is 1. The van der Waals surface area contributed by atoms with Crippen LogP contribution in [0.4, 0.5) is 5.00 Å². The van der Waals surface area contributed by atoms with Crippen LogP contribution in [0.25, 0.3) is 10.6 Å². The molecule has 0 bridgehead atoms. The summed E-state index contributed by atoms with van der Waals surface area (Å²) < 4.78 is 10.4. The van der Waals surface area contributed by atoms with Gasteiger partial charge in [0.25, 0.3) is 11.8 Å². The van der Waals surface area contributed by atoms with E-state index in [4.69, 9.17) is 15.2 Å². The number of nitrogens with one attached hydrogen (secondary N) is 1. The molecule has 0 aliphatic carbocycles. The largest absolute Gasteiger partial charge is 0.493 e. The quantitative estimate of drug-likeness (QED) is 0.675. The Hall–Kier alpha value is -3.46. The average Bonchev–Trinajstić information content (AvgIpc) is 3.12. The summed E-state index contributed by atoms with van der Waals surface area (Å²) >= 11 is 1.14. The van der Waals surface area contributed by atoms with Gasteiger partial charge in [0.1, 0.15) is 10.0 Å². The number of methoxy groups -OCH3 is 2. The summed E-state index contributed by atoms with van der Waals surface area (Å²) in [6.07, 6.45) is 3.25. The predicted molar refractivity (Wildman–Crippen MR) is 101 cm³/mol. The number of nitrogens with zero attached hydrogens (tertiary/aromatic N) is 2. The summed E-state index contributed by atoms with van der Waals surface area (Å²) in [5.74, 6) is -0.243. The van der Waals surface area contributed by atoms with E-state index >= 15 is 0 Å². The minimum atomic E-state index is -0.732. The molecule has 8 nitrogen and oxygen atoms in total. The Balaban J connectivity index is 1.92. The number of rotatable bonds is 6. The van der Waals surface area contributed by atoms with E-state index in [0.29, 0.717) is 22.1 Å². The average molecular weight is 384 g/mol. The van der Waals surface area contributed by atoms with Crippen molar-refractivity contribution in [3.8, 4) is 22.1 Å². The Kier molecular flexibility index (Phi) is 5.32. The van der Waals surface area contributed by atoms with Crippen LogP contribution in [0.3, 0.4) is 0 Å². The zero-order chi connectivity index (χ0) is 19.4. The fraction of sp³-hybridized carbons (Fsp3) is 0.111. The zero-order valence-electron chi connectivity index (χ0n) is 14.6. The first-order valence-electron chi connectivity index (χ1n) is 7.78. The van der Waals surface area contributed by atoms with E-state index in [1.54, 1.807) is 42.7 Å². The number of hydrogen-bond acceptors (Lipinski definition) is 7. The second-order valence-electron chi connectivity index (χ2n) is 5.33. The van der Waals surface area contributed by atoms with Crippen LogP contribution in [0.5, 0.6) is 11.5 Å². The molecule has 0 spiro atoms. The fourth-order valence-electron chi connectivity index (χ4n) is 2.34. The first-order chi connectivity index (χ1) is 13.0. The number of hydrogen-bond donors (Lipinski definition) is 2. The molecule has 0 saturated heterocycles. The Morgan fingerprint density at radius 1 is 1.15 bits per heavy atom. The Morgan fingerprint density at radius 2 is 1.93 bits per heavy atom. The second-order valence-corrected chi connectivity index (χ2v) is 6.33. The van der Waals surface area contributed by atoms with Crippen molar-refractivity contribution in [3.05, 3.63) is 54.0 Å². The molecule has 2 aromatic heterocycles. The maximum Gasteiger partial charge on any atom is 0.270 e. The van der Waals surface area contributed by atoms with E-state index in [0.717, 1.165) is 16.9 Å². The van der Waals surface area contributed by atoms with Crippen molar-refractivity contribution in [1.29, 1.82) is 0 Å². The smallest absolute Gasteiger partial charge is 0.270 e. The van der Waals surface area contributed by atoms with E-state index in [2.05, 4.69) is 15.3 Å². The van der Waals surface area contributed by atoms with Gasteiger partial charge in [-0.05, 0) is 30.3 Å². The molecule has 0 radical (unpaired) electrons. The van der Waals surface area contributed by atoms with Crippen molar-refractivity contribution >= 4 is 28.2 Å². The molecular weight excluding hydrogens is 368 g/mol. The number of carbonyl (C=O) groups is 2. The number of pyridine rings is 1. The van der Waals surface area contributed by atoms with Crippen LogP contribution in [0, 0.1) is 0 Å². The van der Waals surface area contributed by atoms with Crippen LogP contribution < -0.4 is 20.5 Å². The summed E-state index contributed by atoms with van der Waals surface area (Å²) in [5, 5.41) is 3.48. The van der Waals surface area contributed by atoms with Crippen molar-refractivity contribution in [3.63, 3.8) is 0 Å². The van der Waals surface area contributed by atoms with Crippen LogP contribution in [0.15, 0.2) is 42.7 Å². The third kappa shape index (κ3) is 3.87. The van der Waals surface area contributed by atoms with Gasteiger partial charge in [0, 0.05) is 23.5 Å². The van der Waals surface area contributed by atoms with Crippen LogP contribution in [0.2, 0.25) is 0 Å². The number of nitrogens with two attached hydrogens (primary N) is 1. The summed E-state index contributed by atoms with van der Waals surface area (Å²) in [7, 11) is 2.99. The monoisotopic (exact) mass is 384 g/mol. The van der Waals surface area contributed by atoms with E-state index in [9.17, 15) is 9.59 Å². The maximum absolute atomic E-state index is 12.6. The van der Waals surface area contributed by atoms with E-state index < -0.39 is 11.8 Å². The number of thiazole rings is 1. The van der Waals surface area contributed by atoms with Gasteiger partial charge in [0.15, 0.2) is 17.2 Å². The maximum atomic E-state index is 12.6. The van der Waals surface area contributed by atoms with Gasteiger partial charge in [0.2, 0.25) is 0 Å². The fourth-order valence-corrected chi connectivity index (χ4v) is 3.29. The van der Waals surface area contributed by atoms with Gasteiger partial charge in [-0.25, -0.2) is 4.98 Å².